The number of aromatic amines is 1. The topological polar surface area (TPSA) is 145 Å². The van der Waals surface area contributed by atoms with Crippen LogP contribution in [-0.4, -0.2) is 70.3 Å². The van der Waals surface area contributed by atoms with Gasteiger partial charge in [0.25, 0.3) is 5.91 Å². The Balaban J connectivity index is 1.53. The van der Waals surface area contributed by atoms with Gasteiger partial charge in [0, 0.05) is 50.8 Å². The zero-order chi connectivity index (χ0) is 31.5. The fraction of sp³-hybridized carbons (Fsp3) is 0.424. The summed E-state index contributed by atoms with van der Waals surface area (Å²) in [5, 5.41) is 8.70. The number of benzene rings is 2. The number of fused-ring (bicyclic) bond motifs is 1. The summed E-state index contributed by atoms with van der Waals surface area (Å²) in [4.78, 5) is 69.2. The highest BCUT2D eigenvalue weighted by molar-refractivity contribution is 5.97. The zero-order valence-corrected chi connectivity index (χ0v) is 25.4. The maximum absolute atomic E-state index is 13.1. The van der Waals surface area contributed by atoms with Crippen LogP contribution in [0.1, 0.15) is 61.9 Å². The molecule has 4 rings (SSSR count). The van der Waals surface area contributed by atoms with Crippen LogP contribution in [0.15, 0.2) is 59.4 Å². The Labute approximate surface area is 257 Å². The van der Waals surface area contributed by atoms with Gasteiger partial charge in [-0.25, -0.2) is 4.79 Å². The van der Waals surface area contributed by atoms with Crippen LogP contribution >= 0.6 is 0 Å². The van der Waals surface area contributed by atoms with Crippen molar-refractivity contribution in [3.8, 4) is 0 Å². The number of hydrogen-bond donors (Lipinski definition) is 4. The number of imidazole rings is 1. The van der Waals surface area contributed by atoms with Crippen molar-refractivity contribution in [2.24, 2.45) is 5.92 Å². The Morgan fingerprint density at radius 3 is 2.45 bits per heavy atom. The molecule has 0 radical (unpaired) electrons. The number of aryl methyl sites for hydroxylation is 1. The van der Waals surface area contributed by atoms with E-state index in [4.69, 9.17) is 0 Å². The third-order valence-corrected chi connectivity index (χ3v) is 7.96. The predicted molar refractivity (Wildman–Crippen MR) is 170 cm³/mol. The first-order valence-corrected chi connectivity index (χ1v) is 15.4. The number of hydrogen-bond acceptors (Lipinski definition) is 5. The molecule has 2 aromatic carbocycles. The maximum Gasteiger partial charge on any atom is 0.326 e. The number of carbonyl (C=O) groups excluding carboxylic acids is 4. The molecular formula is C33H42N6O5. The quantitative estimate of drug-likeness (QED) is 0.340. The van der Waals surface area contributed by atoms with Crippen molar-refractivity contribution >= 4 is 40.7 Å². The standard InChI is InChI=1S/C33H42N6O5/c1-3-23(2)30-32(43)35-18-9-21-39-27-22-25(14-15-26(27)36-33(39)44)31(42)34-17-8-20-38(19-7-12-28(40)37-30)29(41)16-13-24-10-5-4-6-11-24/h4-6,10-11,13-16,22-23,30H,3,7-9,12,17-21H2,1-2H3,(H,34,42)(H,35,43)(H,36,44)(H,37,40)/t23-,30-/m0/s1. The second-order valence-corrected chi connectivity index (χ2v) is 11.2. The van der Waals surface area contributed by atoms with Gasteiger partial charge in [-0.3, -0.25) is 23.7 Å². The van der Waals surface area contributed by atoms with Crippen LogP contribution in [-0.2, 0) is 20.9 Å². The highest BCUT2D eigenvalue weighted by atomic mass is 16.2. The van der Waals surface area contributed by atoms with Gasteiger partial charge in [-0.05, 0) is 55.0 Å². The molecule has 0 saturated heterocycles. The van der Waals surface area contributed by atoms with Gasteiger partial charge in [-0.1, -0.05) is 50.6 Å². The van der Waals surface area contributed by atoms with Gasteiger partial charge >= 0.3 is 5.69 Å². The molecule has 2 heterocycles. The number of aromatic nitrogens is 2. The molecule has 1 aromatic heterocycles. The van der Waals surface area contributed by atoms with E-state index in [1.54, 1.807) is 33.7 Å². The normalized spacial score (nSPS) is 18.8. The van der Waals surface area contributed by atoms with E-state index >= 15 is 0 Å². The molecule has 44 heavy (non-hydrogen) atoms. The minimum absolute atomic E-state index is 0.0820. The van der Waals surface area contributed by atoms with E-state index < -0.39 is 6.04 Å². The summed E-state index contributed by atoms with van der Waals surface area (Å²) in [5.74, 6) is -1.07. The van der Waals surface area contributed by atoms with E-state index in [0.717, 1.165) is 5.56 Å². The van der Waals surface area contributed by atoms with Crippen LogP contribution in [0.2, 0.25) is 0 Å². The first-order chi connectivity index (χ1) is 21.3. The van der Waals surface area contributed by atoms with E-state index in [1.807, 2.05) is 44.2 Å². The lowest BCUT2D eigenvalue weighted by Gasteiger charge is -2.24. The van der Waals surface area contributed by atoms with Gasteiger partial charge in [-0.15, -0.1) is 0 Å². The summed E-state index contributed by atoms with van der Waals surface area (Å²) in [5.41, 5.74) is 2.25. The van der Waals surface area contributed by atoms with E-state index in [2.05, 4.69) is 20.9 Å². The average molecular weight is 603 g/mol. The Kier molecular flexibility index (Phi) is 11.5. The highest BCUT2D eigenvalue weighted by Gasteiger charge is 2.25. The summed E-state index contributed by atoms with van der Waals surface area (Å²) < 4.78 is 1.56. The molecule has 2 atom stereocenters. The molecule has 4 amide bonds. The lowest BCUT2D eigenvalue weighted by Crippen LogP contribution is -2.50. The van der Waals surface area contributed by atoms with Gasteiger partial charge in [-0.2, -0.15) is 0 Å². The number of nitrogens with zero attached hydrogens (tertiary/aromatic N) is 2. The number of carbonyl (C=O) groups is 4. The Hall–Kier alpha value is -4.67. The number of nitrogens with one attached hydrogen (secondary N) is 4. The fourth-order valence-electron chi connectivity index (χ4n) is 5.20. The average Bonchev–Trinajstić information content (AvgIpc) is 3.35. The minimum Gasteiger partial charge on any atom is -0.354 e. The molecular weight excluding hydrogens is 560 g/mol. The van der Waals surface area contributed by atoms with Gasteiger partial charge in [0.15, 0.2) is 0 Å². The number of amides is 4. The summed E-state index contributed by atoms with van der Waals surface area (Å²) in [6.07, 6.45) is 5.55. The van der Waals surface area contributed by atoms with Crippen molar-refractivity contribution in [3.05, 3.63) is 76.2 Å². The van der Waals surface area contributed by atoms with Crippen molar-refractivity contribution in [2.45, 2.75) is 58.5 Å². The molecule has 1 aliphatic rings. The molecule has 3 aromatic rings. The third kappa shape index (κ3) is 8.68. The molecule has 0 aliphatic carbocycles. The van der Waals surface area contributed by atoms with Crippen LogP contribution < -0.4 is 21.6 Å². The maximum atomic E-state index is 13.1. The molecule has 11 nitrogen and oxygen atoms in total. The lowest BCUT2D eigenvalue weighted by atomic mass is 9.98. The summed E-state index contributed by atoms with van der Waals surface area (Å²) in [7, 11) is 0. The van der Waals surface area contributed by atoms with Crippen molar-refractivity contribution < 1.29 is 19.2 Å². The van der Waals surface area contributed by atoms with Crippen molar-refractivity contribution in [3.63, 3.8) is 0 Å². The molecule has 0 fully saturated rings. The fourth-order valence-corrected chi connectivity index (χ4v) is 5.20. The summed E-state index contributed by atoms with van der Waals surface area (Å²) >= 11 is 0. The van der Waals surface area contributed by atoms with Crippen molar-refractivity contribution in [1.82, 2.24) is 30.4 Å². The van der Waals surface area contributed by atoms with Crippen molar-refractivity contribution in [2.75, 3.05) is 26.2 Å². The minimum atomic E-state index is -0.691. The van der Waals surface area contributed by atoms with E-state index in [1.165, 1.54) is 6.08 Å². The van der Waals surface area contributed by atoms with E-state index in [9.17, 15) is 24.0 Å². The Morgan fingerprint density at radius 1 is 0.955 bits per heavy atom. The second kappa shape index (κ2) is 15.7. The molecule has 0 spiro atoms. The third-order valence-electron chi connectivity index (χ3n) is 7.96. The van der Waals surface area contributed by atoms with E-state index in [-0.39, 0.29) is 41.7 Å². The number of rotatable bonds is 4. The first-order valence-electron chi connectivity index (χ1n) is 15.4. The summed E-state index contributed by atoms with van der Waals surface area (Å²) in [6, 6.07) is 13.9. The van der Waals surface area contributed by atoms with Gasteiger partial charge in [0.05, 0.1) is 11.0 Å². The molecule has 2 bridgehead atoms. The molecule has 11 heteroatoms. The lowest BCUT2D eigenvalue weighted by molar-refractivity contribution is -0.130. The zero-order valence-electron chi connectivity index (χ0n) is 25.4. The molecule has 0 unspecified atom stereocenters. The molecule has 4 N–H and O–H groups in total. The Morgan fingerprint density at radius 2 is 1.68 bits per heavy atom. The van der Waals surface area contributed by atoms with Crippen molar-refractivity contribution in [1.29, 1.82) is 0 Å². The van der Waals surface area contributed by atoms with Crippen LogP contribution in [0.5, 0.6) is 0 Å². The molecule has 234 valence electrons. The molecule has 1 aliphatic heterocycles. The number of H-pyrrole nitrogens is 1. The Bertz CT molecular complexity index is 1540. The smallest absolute Gasteiger partial charge is 0.326 e. The van der Waals surface area contributed by atoms with Crippen LogP contribution in [0.3, 0.4) is 0 Å². The largest absolute Gasteiger partial charge is 0.354 e. The second-order valence-electron chi connectivity index (χ2n) is 11.2. The van der Waals surface area contributed by atoms with E-state index in [0.29, 0.717) is 75.0 Å². The monoisotopic (exact) mass is 602 g/mol. The first kappa shape index (κ1) is 32.2. The predicted octanol–water partition coefficient (Wildman–Crippen LogP) is 2.82. The highest BCUT2D eigenvalue weighted by Crippen LogP contribution is 2.14. The van der Waals surface area contributed by atoms with Gasteiger partial charge in [0.2, 0.25) is 17.7 Å². The molecule has 0 saturated carbocycles. The van der Waals surface area contributed by atoms with Crippen LogP contribution in [0.25, 0.3) is 17.1 Å². The van der Waals surface area contributed by atoms with Crippen LogP contribution in [0, 0.1) is 5.92 Å². The summed E-state index contributed by atoms with van der Waals surface area (Å²) in [6.45, 7) is 5.61. The van der Waals surface area contributed by atoms with Crippen LogP contribution in [0.4, 0.5) is 0 Å². The SMILES string of the molecule is CC[C@H](C)[C@@H]1NC(=O)CCCN(C(=O)C=Cc2ccccc2)CCCNC(=O)c2ccc3[nH]c(=O)n(c3c2)CCCNC1=O. The van der Waals surface area contributed by atoms with Gasteiger partial charge in [0.1, 0.15) is 6.04 Å². The van der Waals surface area contributed by atoms with Gasteiger partial charge < -0.3 is 25.8 Å².